The third-order valence-corrected chi connectivity index (χ3v) is 20.8. The Balaban J connectivity index is 1.74. The molecule has 32 N–H and O–H groups in total. The van der Waals surface area contributed by atoms with Gasteiger partial charge in [-0.3, -0.25) is 91.7 Å². The summed E-state index contributed by atoms with van der Waals surface area (Å²) in [6.45, 7) is 6.65. The van der Waals surface area contributed by atoms with Crippen molar-refractivity contribution in [1.82, 2.24) is 95.3 Å². The van der Waals surface area contributed by atoms with E-state index < -0.39 is 285 Å². The van der Waals surface area contributed by atoms with Gasteiger partial charge < -0.3 is 153 Å². The number of phenolic OH excluding ortho intramolecular Hbond substituents is 1. The molecular weight excluding hydrogens is 1770 g/mol. The molecule has 49 nitrogen and oxygen atoms in total. The van der Waals surface area contributed by atoms with E-state index in [1.54, 1.807) is 71.9 Å². The number of likely N-dealkylation sites (tertiary alicyclic amines) is 1. The second-order valence-corrected chi connectivity index (χ2v) is 33.5. The van der Waals surface area contributed by atoms with Crippen LogP contribution >= 0.6 is 12.6 Å². The van der Waals surface area contributed by atoms with Crippen molar-refractivity contribution in [3.63, 3.8) is 0 Å². The number of aliphatic carboxylic acids is 2. The SMILES string of the molecule is CC(C)C[C@H](NC(=O)[C@H](CS)NC(=O)[C@H](CO)NC(=O)[C@H](CC(C)C)NC(=O)[C@H](CCCNC(=N)N)NC(=O)[C@H](CC(C)C)NC(=O)[C@H](CO)NC(=O)[C@H](CC(=O)O)NC(=O)CNC(=O)[C@@H]1CCCN1C(=O)[C@@H](N)CCCCN)C(=O)N[C@@H](C)C(=O)N[C@@H](CO)C(=O)NCC(=O)N[C@@H](Cc1ccc(O)cc1)C(=O)N[C@H](C(=O)N[C@@H](Cc1ccccc1)C(=O)N[C@@H](CO)C(=O)O)[C@@H](C)O. The maximum atomic E-state index is 14.5. The van der Waals surface area contributed by atoms with Gasteiger partial charge in [-0.2, -0.15) is 12.6 Å². The Morgan fingerprint density at radius 1 is 0.451 bits per heavy atom. The number of benzene rings is 2. The van der Waals surface area contributed by atoms with Crippen LogP contribution in [0.15, 0.2) is 54.6 Å². The molecule has 17 atom stereocenters. The third kappa shape index (κ3) is 41.5. The number of aromatic hydroxyl groups is 1. The number of nitrogens with one attached hydrogen (secondary N) is 18. The van der Waals surface area contributed by atoms with Crippen LogP contribution < -0.4 is 108 Å². The summed E-state index contributed by atoms with van der Waals surface area (Å²) in [5.41, 5.74) is 17.9. The Kier molecular flexibility index (Phi) is 51.0. The highest BCUT2D eigenvalue weighted by molar-refractivity contribution is 7.80. The highest BCUT2D eigenvalue weighted by atomic mass is 32.1. The molecule has 0 aromatic heterocycles. The lowest BCUT2D eigenvalue weighted by Crippen LogP contribution is -2.61. The van der Waals surface area contributed by atoms with Gasteiger partial charge in [0, 0.05) is 31.7 Å². The van der Waals surface area contributed by atoms with E-state index in [-0.39, 0.29) is 76.1 Å². The molecule has 1 aliphatic heterocycles. The predicted molar refractivity (Wildman–Crippen MR) is 478 cm³/mol. The van der Waals surface area contributed by atoms with Crippen molar-refractivity contribution in [3.8, 4) is 5.75 Å². The third-order valence-electron chi connectivity index (χ3n) is 20.5. The number of amides is 17. The Hall–Kier alpha value is -12.5. The minimum atomic E-state index is -1.92. The minimum Gasteiger partial charge on any atom is -0.508 e. The molecule has 1 fully saturated rings. The maximum Gasteiger partial charge on any atom is 0.328 e. The van der Waals surface area contributed by atoms with Crippen LogP contribution in [0.3, 0.4) is 0 Å². The zero-order valence-corrected chi connectivity index (χ0v) is 76.4. The number of nitrogens with zero attached hydrogens (tertiary/aromatic N) is 1. The van der Waals surface area contributed by atoms with E-state index in [9.17, 15) is 132 Å². The van der Waals surface area contributed by atoms with Crippen LogP contribution in [0, 0.1) is 23.2 Å². The molecule has 0 unspecified atom stereocenters. The van der Waals surface area contributed by atoms with Crippen molar-refractivity contribution in [2.75, 3.05) is 64.9 Å². The molecule has 742 valence electrons. The van der Waals surface area contributed by atoms with Crippen LogP contribution in [0.1, 0.15) is 137 Å². The molecule has 0 bridgehead atoms. The molecule has 0 aliphatic carbocycles. The number of carbonyl (C=O) groups excluding carboxylic acids is 17. The van der Waals surface area contributed by atoms with E-state index in [1.807, 2.05) is 0 Å². The number of hydrogen-bond acceptors (Lipinski definition) is 29. The summed E-state index contributed by atoms with van der Waals surface area (Å²) in [7, 11) is 0. The Morgan fingerprint density at radius 2 is 0.857 bits per heavy atom. The van der Waals surface area contributed by atoms with Crippen molar-refractivity contribution >= 4 is 131 Å². The fourth-order valence-corrected chi connectivity index (χ4v) is 13.6. The number of aliphatic hydroxyl groups excluding tert-OH is 5. The van der Waals surface area contributed by atoms with Crippen LogP contribution in [-0.4, -0.2) is 332 Å². The molecule has 2 aromatic carbocycles. The molecule has 0 radical (unpaired) electrons. The zero-order valence-electron chi connectivity index (χ0n) is 75.5. The van der Waals surface area contributed by atoms with Crippen molar-refractivity contribution in [1.29, 1.82) is 5.41 Å². The number of guanidine groups is 1. The first kappa shape index (κ1) is 115. The van der Waals surface area contributed by atoms with Gasteiger partial charge in [0.25, 0.3) is 0 Å². The number of nitrogens with two attached hydrogens (primary N) is 3. The molecule has 1 saturated heterocycles. The summed E-state index contributed by atoms with van der Waals surface area (Å²) < 4.78 is 0. The van der Waals surface area contributed by atoms with Gasteiger partial charge >= 0.3 is 11.9 Å². The second kappa shape index (κ2) is 59.1. The summed E-state index contributed by atoms with van der Waals surface area (Å²) in [6.07, 6.45) is -1.85. The molecule has 1 heterocycles. The van der Waals surface area contributed by atoms with Crippen LogP contribution in [0.5, 0.6) is 5.75 Å². The predicted octanol–water partition coefficient (Wildman–Crippen LogP) is -10.1. The van der Waals surface area contributed by atoms with Gasteiger partial charge in [-0.15, -0.1) is 0 Å². The highest BCUT2D eigenvalue weighted by Crippen LogP contribution is 2.21. The molecule has 17 amide bonds. The van der Waals surface area contributed by atoms with Crippen molar-refractivity contribution in [2.24, 2.45) is 35.0 Å². The number of carboxylic acids is 2. The summed E-state index contributed by atoms with van der Waals surface area (Å²) in [4.78, 5) is 259. The average molecular weight is 1900 g/mol. The van der Waals surface area contributed by atoms with Crippen LogP contribution in [0.2, 0.25) is 0 Å². The van der Waals surface area contributed by atoms with E-state index in [0.29, 0.717) is 43.4 Å². The van der Waals surface area contributed by atoms with Crippen LogP contribution in [0.4, 0.5) is 0 Å². The molecule has 0 spiro atoms. The Bertz CT molecular complexity index is 4270. The number of aliphatic hydroxyl groups is 5. The first-order chi connectivity index (χ1) is 62.7. The van der Waals surface area contributed by atoms with Gasteiger partial charge in [0.1, 0.15) is 96.4 Å². The van der Waals surface area contributed by atoms with E-state index in [2.05, 4.69) is 103 Å². The number of rotatable bonds is 60. The highest BCUT2D eigenvalue weighted by Gasteiger charge is 2.41. The fraction of sp³-hybridized carbons (Fsp3) is 0.614. The smallest absolute Gasteiger partial charge is 0.328 e. The standard InChI is InChI=1S/C83H132N22O27S/c1-41(2)28-51(70(119)91-44(7)67(116)99-57(36-106)68(117)89-34-63(112)92-54(32-47-21-23-48(111)24-22-47)75(124)104-66(45(8)110)80(129)98-55(31-46-16-10-9-11-17-46)73(122)102-60(39-109)82(131)132)97-78(127)61(40-133)103-77(126)59(38-108)100-72(121)53(30-43(5)6)95-69(118)50(19-14-26-88-83(86)87)94-71(120)52(29-42(3)4)96-76(125)58(37-107)101-74(123)56(33-65(114)115)93-64(113)35-90-79(128)62-20-15-27-105(62)81(130)49(85)18-12-13-25-84/h9-11,16-17,21-24,41-45,49-62,66,106-111,133H,12-15,18-20,25-40,84-85H2,1-8H3,(H,89,117)(H,90,128)(H,91,119)(H,92,112)(H,93,113)(H,94,120)(H,95,118)(H,96,125)(H,97,127)(H,98,129)(H,99,116)(H,100,121)(H,101,123)(H,102,122)(H,103,126)(H,104,124)(H,114,115)(H,131,132)(H4,86,87,88)/t44-,45+,49-,50-,51-,52-,53-,54-,55-,56-,57-,58-,59-,60-,61-,62-,66-/m0/s1. The molecule has 133 heavy (non-hydrogen) atoms. The number of carboxylic acid groups (broad SMARTS) is 2. The molecular formula is C83H132N22O27S. The number of carbonyl (C=O) groups is 19. The first-order valence-electron chi connectivity index (χ1n) is 43.3. The topological polar surface area (TPSA) is 796 Å². The molecule has 3 rings (SSSR count). The number of thiol groups is 1. The number of hydrogen-bond donors (Lipinski definition) is 30. The molecule has 1 aliphatic rings. The van der Waals surface area contributed by atoms with Gasteiger partial charge in [0.15, 0.2) is 5.96 Å². The van der Waals surface area contributed by atoms with E-state index in [4.69, 9.17) is 22.6 Å². The maximum absolute atomic E-state index is 14.5. The van der Waals surface area contributed by atoms with Gasteiger partial charge in [0.2, 0.25) is 100 Å². The van der Waals surface area contributed by atoms with Gasteiger partial charge in [-0.05, 0) is 119 Å². The molecule has 50 heteroatoms. The minimum absolute atomic E-state index is 0.00662. The quantitative estimate of drug-likeness (QED) is 0.0127. The Labute approximate surface area is 773 Å². The Morgan fingerprint density at radius 3 is 1.34 bits per heavy atom. The zero-order chi connectivity index (χ0) is 100. The molecule has 2 aromatic rings. The van der Waals surface area contributed by atoms with Crippen LogP contribution in [0.25, 0.3) is 0 Å². The van der Waals surface area contributed by atoms with Gasteiger partial charge in [-0.25, -0.2) is 4.79 Å². The van der Waals surface area contributed by atoms with Crippen molar-refractivity contribution < 1.29 is 132 Å². The van der Waals surface area contributed by atoms with E-state index >= 15 is 0 Å². The first-order valence-corrected chi connectivity index (χ1v) is 44.0. The summed E-state index contributed by atoms with van der Waals surface area (Å²) in [6, 6.07) is -12.2. The van der Waals surface area contributed by atoms with Crippen LogP contribution in [-0.2, 0) is 104 Å². The summed E-state index contributed by atoms with van der Waals surface area (Å²) >= 11 is 4.22. The summed E-state index contributed by atoms with van der Waals surface area (Å²) in [5, 5.41) is 128. The summed E-state index contributed by atoms with van der Waals surface area (Å²) in [5.74, 6) is -23.3. The second-order valence-electron chi connectivity index (χ2n) is 33.1. The number of unbranched alkanes of at least 4 members (excludes halogenated alkanes) is 1. The van der Waals surface area contributed by atoms with E-state index in [1.165, 1.54) is 36.1 Å². The van der Waals surface area contributed by atoms with Crippen molar-refractivity contribution in [2.45, 2.75) is 242 Å². The lowest BCUT2D eigenvalue weighted by atomic mass is 10.00. The molecule has 0 saturated carbocycles. The largest absolute Gasteiger partial charge is 0.508 e. The van der Waals surface area contributed by atoms with Gasteiger partial charge in [0.05, 0.1) is 58.1 Å². The lowest BCUT2D eigenvalue weighted by molar-refractivity contribution is -0.143. The fourth-order valence-electron chi connectivity index (χ4n) is 13.4. The van der Waals surface area contributed by atoms with E-state index in [0.717, 1.165) is 6.92 Å². The van der Waals surface area contributed by atoms with Gasteiger partial charge in [-0.1, -0.05) is 90.4 Å². The number of phenols is 1. The lowest BCUT2D eigenvalue weighted by Gasteiger charge is -2.28. The monoisotopic (exact) mass is 1900 g/mol. The van der Waals surface area contributed by atoms with Crippen molar-refractivity contribution in [3.05, 3.63) is 65.7 Å². The normalized spacial score (nSPS) is 15.9. The average Bonchev–Trinajstić information content (AvgIpc) is 1.78.